The maximum Gasteiger partial charge on any atom is 0.298 e. The number of carbonyl (C=O) groups is 1. The normalized spacial score (nSPS) is 24.5. The minimum atomic E-state index is -0.883. The first-order valence-electron chi connectivity index (χ1n) is 8.13. The Bertz CT molecular complexity index is 1020. The summed E-state index contributed by atoms with van der Waals surface area (Å²) in [7, 11) is 0. The average molecular weight is 330 g/mol. The average Bonchev–Trinajstić information content (AvgIpc) is 3.30. The second-order valence-electron chi connectivity index (χ2n) is 6.50. The van der Waals surface area contributed by atoms with Gasteiger partial charge in [0.05, 0.1) is 12.0 Å². The summed E-state index contributed by atoms with van der Waals surface area (Å²) in [6.45, 7) is 0.784. The van der Waals surface area contributed by atoms with Crippen LogP contribution in [0.15, 0.2) is 52.9 Å². The summed E-state index contributed by atoms with van der Waals surface area (Å²) in [5, 5.41) is 12.7. The van der Waals surface area contributed by atoms with Gasteiger partial charge >= 0.3 is 0 Å². The Morgan fingerprint density at radius 1 is 1.24 bits per heavy atom. The number of aromatic nitrogens is 1. The van der Waals surface area contributed by atoms with Crippen molar-refractivity contribution in [2.75, 3.05) is 23.3 Å². The third-order valence-electron chi connectivity index (χ3n) is 5.21. The smallest absolute Gasteiger partial charge is 0.298 e. The predicted octanol–water partition coefficient (Wildman–Crippen LogP) is 2.68. The number of hydrogen-bond donors (Lipinski definition) is 1. The lowest BCUT2D eigenvalue weighted by Gasteiger charge is -2.23. The Labute approximate surface area is 143 Å². The first-order valence-corrected chi connectivity index (χ1v) is 8.13. The number of nitrogens with zero attached hydrogens (tertiary/aromatic N) is 3. The second-order valence-corrected chi connectivity index (χ2v) is 6.50. The third kappa shape index (κ3) is 1.78. The molecule has 0 saturated carbocycles. The van der Waals surface area contributed by atoms with Crippen molar-refractivity contribution in [1.82, 2.24) is 4.98 Å². The molecule has 2 aliphatic rings. The van der Waals surface area contributed by atoms with Gasteiger partial charge < -0.3 is 14.6 Å². The fourth-order valence-corrected chi connectivity index (χ4v) is 3.98. The van der Waals surface area contributed by atoms with Crippen LogP contribution in [0.3, 0.4) is 0 Å². The summed E-state index contributed by atoms with van der Waals surface area (Å²) in [6, 6.07) is 17.9. The fourth-order valence-electron chi connectivity index (χ4n) is 3.98. The molecule has 1 N–H and O–H groups in total. The second kappa shape index (κ2) is 4.84. The Hall–Kier alpha value is -3.33. The highest BCUT2D eigenvalue weighted by atomic mass is 16.4. The summed E-state index contributed by atoms with van der Waals surface area (Å²) in [4.78, 5) is 19.2. The van der Waals surface area contributed by atoms with Crippen molar-refractivity contribution in [2.24, 2.45) is 5.92 Å². The van der Waals surface area contributed by atoms with Crippen LogP contribution in [0.5, 0.6) is 0 Å². The molecule has 3 heterocycles. The molecule has 1 fully saturated rings. The number of amides is 1. The molecule has 1 saturated heterocycles. The molecule has 1 spiro atoms. The van der Waals surface area contributed by atoms with Gasteiger partial charge in [-0.05, 0) is 23.8 Å². The lowest BCUT2D eigenvalue weighted by atomic mass is 9.74. The molecule has 0 bridgehead atoms. The molecular weight excluding hydrogens is 316 g/mol. The van der Waals surface area contributed by atoms with E-state index in [0.717, 1.165) is 16.8 Å². The van der Waals surface area contributed by atoms with Gasteiger partial charge in [0.15, 0.2) is 5.58 Å². The van der Waals surface area contributed by atoms with Gasteiger partial charge in [-0.15, -0.1) is 0 Å². The molecule has 5 rings (SSSR count). The Kier molecular flexibility index (Phi) is 2.72. The van der Waals surface area contributed by atoms with Crippen molar-refractivity contribution in [2.45, 2.75) is 5.41 Å². The molecule has 1 amide bonds. The molecule has 25 heavy (non-hydrogen) atoms. The van der Waals surface area contributed by atoms with E-state index in [2.05, 4.69) is 16.4 Å². The molecule has 0 radical (unpaired) electrons. The quantitative estimate of drug-likeness (QED) is 0.742. The summed E-state index contributed by atoms with van der Waals surface area (Å²) in [6.07, 6.45) is 0. The van der Waals surface area contributed by atoms with Gasteiger partial charge in [-0.25, -0.2) is 0 Å². The zero-order chi connectivity index (χ0) is 17.0. The minimum Gasteiger partial charge on any atom is -0.423 e. The van der Waals surface area contributed by atoms with E-state index in [4.69, 9.17) is 4.42 Å². The maximum absolute atomic E-state index is 12.8. The van der Waals surface area contributed by atoms with E-state index >= 15 is 0 Å². The Morgan fingerprint density at radius 2 is 2.04 bits per heavy atom. The van der Waals surface area contributed by atoms with Crippen LogP contribution < -0.4 is 10.2 Å². The van der Waals surface area contributed by atoms with Crippen LogP contribution in [0.25, 0.3) is 11.1 Å². The summed E-state index contributed by atoms with van der Waals surface area (Å²) < 4.78 is 5.84. The molecule has 0 aliphatic carbocycles. The van der Waals surface area contributed by atoms with E-state index in [1.165, 1.54) is 0 Å². The van der Waals surface area contributed by atoms with Crippen molar-refractivity contribution in [1.29, 1.82) is 5.26 Å². The minimum absolute atomic E-state index is 0.126. The lowest BCUT2D eigenvalue weighted by molar-refractivity contribution is -0.120. The van der Waals surface area contributed by atoms with Gasteiger partial charge in [0.1, 0.15) is 10.9 Å². The van der Waals surface area contributed by atoms with Crippen LogP contribution in [0, 0.1) is 17.2 Å². The van der Waals surface area contributed by atoms with Crippen molar-refractivity contribution in [3.05, 3.63) is 54.1 Å². The van der Waals surface area contributed by atoms with Gasteiger partial charge in [-0.1, -0.05) is 30.3 Å². The largest absolute Gasteiger partial charge is 0.423 e. The topological polar surface area (TPSA) is 82.2 Å². The van der Waals surface area contributed by atoms with E-state index in [9.17, 15) is 10.1 Å². The molecule has 2 unspecified atom stereocenters. The van der Waals surface area contributed by atoms with E-state index in [0.29, 0.717) is 24.7 Å². The van der Waals surface area contributed by atoms with Crippen LogP contribution in [0.4, 0.5) is 11.7 Å². The van der Waals surface area contributed by atoms with Crippen molar-refractivity contribution in [3.8, 4) is 6.07 Å². The fraction of sp³-hybridized carbons (Fsp3) is 0.211. The first-order chi connectivity index (χ1) is 12.2. The molecular formula is C19H14N4O2. The first kappa shape index (κ1) is 14.1. The predicted molar refractivity (Wildman–Crippen MR) is 92.1 cm³/mol. The van der Waals surface area contributed by atoms with E-state index in [-0.39, 0.29) is 5.91 Å². The highest BCUT2D eigenvalue weighted by Gasteiger charge is 2.58. The van der Waals surface area contributed by atoms with Gasteiger partial charge in [0, 0.05) is 18.8 Å². The number of carbonyl (C=O) groups excluding carboxylic acids is 1. The molecule has 2 aromatic carbocycles. The van der Waals surface area contributed by atoms with Crippen molar-refractivity contribution in [3.63, 3.8) is 0 Å². The van der Waals surface area contributed by atoms with Crippen LogP contribution in [0.1, 0.15) is 5.56 Å². The van der Waals surface area contributed by atoms with Gasteiger partial charge in [-0.3, -0.25) is 4.79 Å². The molecule has 2 atom stereocenters. The molecule has 6 nitrogen and oxygen atoms in total. The van der Waals surface area contributed by atoms with Gasteiger partial charge in [-0.2, -0.15) is 10.2 Å². The molecule has 1 aromatic heterocycles. The van der Waals surface area contributed by atoms with Crippen LogP contribution in [0.2, 0.25) is 0 Å². The van der Waals surface area contributed by atoms with Crippen LogP contribution in [-0.2, 0) is 10.2 Å². The highest BCUT2D eigenvalue weighted by molar-refractivity contribution is 6.07. The Balaban J connectivity index is 1.61. The summed E-state index contributed by atoms with van der Waals surface area (Å²) in [5.74, 6) is -0.593. The maximum atomic E-state index is 12.8. The van der Waals surface area contributed by atoms with E-state index < -0.39 is 11.3 Å². The third-order valence-corrected chi connectivity index (χ3v) is 5.21. The van der Waals surface area contributed by atoms with E-state index in [1.54, 1.807) is 0 Å². The zero-order valence-corrected chi connectivity index (χ0v) is 13.3. The zero-order valence-electron chi connectivity index (χ0n) is 13.3. The number of anilines is 2. The number of rotatable bonds is 1. The number of nitriles is 1. The van der Waals surface area contributed by atoms with Crippen molar-refractivity contribution < 1.29 is 9.21 Å². The molecule has 2 aliphatic heterocycles. The lowest BCUT2D eigenvalue weighted by Crippen LogP contribution is -2.41. The number of para-hydroxylation sites is 3. The molecule has 122 valence electrons. The number of hydrogen-bond acceptors (Lipinski definition) is 5. The SMILES string of the molecule is N#CC1CN(c2nc3ccccc3o2)CC12C(=O)Nc1ccccc12. The highest BCUT2D eigenvalue weighted by Crippen LogP contribution is 2.48. The number of benzene rings is 2. The van der Waals surface area contributed by atoms with Crippen LogP contribution >= 0.6 is 0 Å². The molecule has 3 aromatic rings. The van der Waals surface area contributed by atoms with Gasteiger partial charge in [0.25, 0.3) is 6.01 Å². The number of fused-ring (bicyclic) bond motifs is 3. The Morgan fingerprint density at radius 3 is 2.88 bits per heavy atom. The van der Waals surface area contributed by atoms with Crippen molar-refractivity contribution >= 4 is 28.7 Å². The monoisotopic (exact) mass is 330 g/mol. The van der Waals surface area contributed by atoms with E-state index in [1.807, 2.05) is 53.4 Å². The standard InChI is InChI=1S/C19H14N4O2/c20-9-12-10-23(18-22-15-7-3-4-8-16(15)25-18)11-19(12)13-5-1-2-6-14(13)21-17(19)24/h1-8,12H,10-11H2,(H,21,24). The summed E-state index contributed by atoms with van der Waals surface area (Å²) >= 11 is 0. The number of oxazole rings is 1. The van der Waals surface area contributed by atoms with Gasteiger partial charge in [0.2, 0.25) is 5.91 Å². The summed E-state index contributed by atoms with van der Waals surface area (Å²) in [5.41, 5.74) is 2.25. The molecule has 6 heteroatoms. The van der Waals surface area contributed by atoms with Crippen LogP contribution in [-0.4, -0.2) is 24.0 Å². The number of nitrogens with one attached hydrogen (secondary N) is 1.